The van der Waals surface area contributed by atoms with Crippen LogP contribution >= 0.6 is 11.6 Å². The summed E-state index contributed by atoms with van der Waals surface area (Å²) < 4.78 is 15.0. The number of rotatable bonds is 3. The van der Waals surface area contributed by atoms with Crippen molar-refractivity contribution in [3.8, 4) is 0 Å². The van der Waals surface area contributed by atoms with E-state index in [1.807, 2.05) is 0 Å². The fourth-order valence-electron chi connectivity index (χ4n) is 1.40. The number of halogens is 2. The summed E-state index contributed by atoms with van der Waals surface area (Å²) in [6, 6.07) is 4.35. The van der Waals surface area contributed by atoms with Crippen LogP contribution in [0.3, 0.4) is 0 Å². The van der Waals surface area contributed by atoms with Crippen LogP contribution in [0.25, 0.3) is 0 Å². The second kappa shape index (κ2) is 4.55. The lowest BCUT2D eigenvalue weighted by molar-refractivity contribution is 0.0691. The van der Waals surface area contributed by atoms with E-state index in [4.69, 9.17) is 16.7 Å². The molecule has 1 N–H and O–H groups in total. The minimum atomic E-state index is -1.11. The summed E-state index contributed by atoms with van der Waals surface area (Å²) in [6.45, 7) is 0.212. The molecule has 1 heterocycles. The van der Waals surface area contributed by atoms with Gasteiger partial charge in [-0.3, -0.25) is 0 Å². The van der Waals surface area contributed by atoms with Gasteiger partial charge in [-0.25, -0.2) is 14.2 Å². The summed E-state index contributed by atoms with van der Waals surface area (Å²) in [4.78, 5) is 14.3. The predicted octanol–water partition coefficient (Wildman–Crippen LogP) is 2.42. The van der Waals surface area contributed by atoms with Crippen molar-refractivity contribution in [3.63, 3.8) is 0 Å². The highest BCUT2D eigenvalue weighted by atomic mass is 35.5. The lowest BCUT2D eigenvalue weighted by Crippen LogP contribution is -2.00. The zero-order valence-electron chi connectivity index (χ0n) is 8.60. The van der Waals surface area contributed by atoms with Crippen LogP contribution in [0, 0.1) is 5.82 Å². The van der Waals surface area contributed by atoms with Crippen LogP contribution in [-0.4, -0.2) is 20.6 Å². The van der Waals surface area contributed by atoms with E-state index in [0.717, 1.165) is 0 Å². The van der Waals surface area contributed by atoms with E-state index in [9.17, 15) is 9.18 Å². The molecule has 0 bridgehead atoms. The zero-order chi connectivity index (χ0) is 12.4. The molecule has 1 aromatic carbocycles. The molecule has 0 saturated carbocycles. The molecule has 0 spiro atoms. The van der Waals surface area contributed by atoms with E-state index in [2.05, 4.69) is 4.98 Å². The number of carboxylic acid groups (broad SMARTS) is 1. The summed E-state index contributed by atoms with van der Waals surface area (Å²) in [6.07, 6.45) is 2.69. The number of aromatic carboxylic acids is 1. The highest BCUT2D eigenvalue weighted by molar-refractivity contribution is 6.30. The first-order valence-corrected chi connectivity index (χ1v) is 5.13. The van der Waals surface area contributed by atoms with E-state index in [1.54, 1.807) is 12.1 Å². The van der Waals surface area contributed by atoms with Gasteiger partial charge in [-0.2, -0.15) is 0 Å². The number of aromatic nitrogens is 2. The van der Waals surface area contributed by atoms with Crippen molar-refractivity contribution < 1.29 is 14.3 Å². The van der Waals surface area contributed by atoms with Crippen LogP contribution in [-0.2, 0) is 6.54 Å². The maximum Gasteiger partial charge on any atom is 0.356 e. The largest absolute Gasteiger partial charge is 0.476 e. The predicted molar refractivity (Wildman–Crippen MR) is 59.7 cm³/mol. The lowest BCUT2D eigenvalue weighted by atomic mass is 10.2. The van der Waals surface area contributed by atoms with Gasteiger partial charge in [-0.05, 0) is 12.1 Å². The number of carboxylic acids is 1. The molecule has 0 aliphatic carbocycles. The van der Waals surface area contributed by atoms with Gasteiger partial charge in [0.1, 0.15) is 5.82 Å². The van der Waals surface area contributed by atoms with Gasteiger partial charge in [-0.1, -0.05) is 17.7 Å². The molecule has 0 amide bonds. The van der Waals surface area contributed by atoms with Crippen molar-refractivity contribution in [1.29, 1.82) is 0 Å². The van der Waals surface area contributed by atoms with Crippen molar-refractivity contribution in [2.75, 3.05) is 0 Å². The minimum absolute atomic E-state index is 0.0700. The molecule has 0 unspecified atom stereocenters. The molecule has 4 nitrogen and oxygen atoms in total. The summed E-state index contributed by atoms with van der Waals surface area (Å²) in [5.74, 6) is -1.54. The number of nitrogens with zero attached hydrogens (tertiary/aromatic N) is 2. The molecule has 2 rings (SSSR count). The van der Waals surface area contributed by atoms with Crippen LogP contribution in [0.15, 0.2) is 30.7 Å². The van der Waals surface area contributed by atoms with Crippen LogP contribution in [0.2, 0.25) is 5.02 Å². The Morgan fingerprint density at radius 2 is 2.29 bits per heavy atom. The minimum Gasteiger partial charge on any atom is -0.476 e. The van der Waals surface area contributed by atoms with Crippen molar-refractivity contribution in [2.45, 2.75) is 6.54 Å². The molecule has 88 valence electrons. The zero-order valence-corrected chi connectivity index (χ0v) is 9.36. The Morgan fingerprint density at radius 3 is 2.88 bits per heavy atom. The summed E-state index contributed by atoms with van der Waals surface area (Å²) in [7, 11) is 0. The molecule has 17 heavy (non-hydrogen) atoms. The topological polar surface area (TPSA) is 55.1 Å². The Bertz CT molecular complexity index is 568. The molecule has 2 aromatic rings. The summed E-state index contributed by atoms with van der Waals surface area (Å²) >= 11 is 5.63. The van der Waals surface area contributed by atoms with Crippen molar-refractivity contribution in [3.05, 3.63) is 52.8 Å². The SMILES string of the molecule is O=C(O)c1cn(Cc2ccc(Cl)cc2F)cn1. The third-order valence-electron chi connectivity index (χ3n) is 2.22. The first kappa shape index (κ1) is 11.6. The van der Waals surface area contributed by atoms with Crippen molar-refractivity contribution in [2.24, 2.45) is 0 Å². The van der Waals surface area contributed by atoms with Crippen LogP contribution in [0.1, 0.15) is 16.1 Å². The normalized spacial score (nSPS) is 10.5. The monoisotopic (exact) mass is 254 g/mol. The molecular weight excluding hydrogens is 247 g/mol. The second-order valence-electron chi connectivity index (χ2n) is 3.47. The van der Waals surface area contributed by atoms with E-state index in [1.165, 1.54) is 23.2 Å². The van der Waals surface area contributed by atoms with Crippen LogP contribution in [0.5, 0.6) is 0 Å². The standard InChI is InChI=1S/C11H8ClFN2O2/c12-8-2-1-7(9(13)3-8)4-15-5-10(11(16)17)14-6-15/h1-3,5-6H,4H2,(H,16,17). The number of carbonyl (C=O) groups is 1. The fraction of sp³-hybridized carbons (Fsp3) is 0.0909. The number of benzene rings is 1. The third-order valence-corrected chi connectivity index (χ3v) is 2.46. The molecule has 0 aliphatic rings. The van der Waals surface area contributed by atoms with E-state index >= 15 is 0 Å². The van der Waals surface area contributed by atoms with Gasteiger partial charge >= 0.3 is 5.97 Å². The molecule has 0 atom stereocenters. The maximum absolute atomic E-state index is 13.5. The Balaban J connectivity index is 2.22. The Labute approximate surface area is 101 Å². The third kappa shape index (κ3) is 2.62. The van der Waals surface area contributed by atoms with E-state index in [0.29, 0.717) is 10.6 Å². The van der Waals surface area contributed by atoms with Crippen LogP contribution < -0.4 is 0 Å². The quantitative estimate of drug-likeness (QED) is 0.915. The second-order valence-corrected chi connectivity index (χ2v) is 3.91. The van der Waals surface area contributed by atoms with Gasteiger partial charge in [0, 0.05) is 16.8 Å². The first-order valence-electron chi connectivity index (χ1n) is 4.75. The Hall–Kier alpha value is -1.88. The maximum atomic E-state index is 13.5. The van der Waals surface area contributed by atoms with Crippen molar-refractivity contribution in [1.82, 2.24) is 9.55 Å². The van der Waals surface area contributed by atoms with Gasteiger partial charge < -0.3 is 9.67 Å². The molecule has 0 fully saturated rings. The fourth-order valence-corrected chi connectivity index (χ4v) is 1.56. The van der Waals surface area contributed by atoms with Gasteiger partial charge in [0.25, 0.3) is 0 Å². The first-order chi connectivity index (χ1) is 8.06. The molecule has 0 aliphatic heterocycles. The Kier molecular flexibility index (Phi) is 3.10. The summed E-state index contributed by atoms with van der Waals surface area (Å²) in [5.41, 5.74) is 0.350. The molecular formula is C11H8ClFN2O2. The summed E-state index contributed by atoms with van der Waals surface area (Å²) in [5, 5.41) is 9.01. The smallest absolute Gasteiger partial charge is 0.356 e. The molecule has 0 radical (unpaired) electrons. The average molecular weight is 255 g/mol. The van der Waals surface area contributed by atoms with Gasteiger partial charge in [-0.15, -0.1) is 0 Å². The highest BCUT2D eigenvalue weighted by Crippen LogP contribution is 2.15. The van der Waals surface area contributed by atoms with Gasteiger partial charge in [0.2, 0.25) is 0 Å². The Morgan fingerprint density at radius 1 is 1.53 bits per heavy atom. The molecule has 0 saturated heterocycles. The molecule has 6 heteroatoms. The number of hydrogen-bond donors (Lipinski definition) is 1. The van der Waals surface area contributed by atoms with Crippen molar-refractivity contribution >= 4 is 17.6 Å². The van der Waals surface area contributed by atoms with E-state index < -0.39 is 11.8 Å². The number of imidazole rings is 1. The van der Waals surface area contributed by atoms with Gasteiger partial charge in [0.15, 0.2) is 5.69 Å². The molecule has 1 aromatic heterocycles. The highest BCUT2D eigenvalue weighted by Gasteiger charge is 2.08. The van der Waals surface area contributed by atoms with Crippen LogP contribution in [0.4, 0.5) is 4.39 Å². The lowest BCUT2D eigenvalue weighted by Gasteiger charge is -2.04. The number of hydrogen-bond acceptors (Lipinski definition) is 2. The van der Waals surface area contributed by atoms with Gasteiger partial charge in [0.05, 0.1) is 12.9 Å². The van der Waals surface area contributed by atoms with E-state index in [-0.39, 0.29) is 12.2 Å². The average Bonchev–Trinajstić information content (AvgIpc) is 2.71.